The first-order chi connectivity index (χ1) is 13.8. The van der Waals surface area contributed by atoms with Gasteiger partial charge in [-0.1, -0.05) is 29.8 Å². The van der Waals surface area contributed by atoms with E-state index >= 15 is 0 Å². The van der Waals surface area contributed by atoms with Gasteiger partial charge in [-0.25, -0.2) is 13.2 Å². The monoisotopic (exact) mass is 434 g/mol. The summed E-state index contributed by atoms with van der Waals surface area (Å²) in [6, 6.07) is 12.0. The Morgan fingerprint density at radius 2 is 1.83 bits per heavy atom. The third-order valence-corrected chi connectivity index (χ3v) is 6.30. The number of amides is 1. The molecule has 0 aliphatic carbocycles. The first kappa shape index (κ1) is 20.9. The molecule has 0 radical (unpaired) electrons. The maximum Gasteiger partial charge on any atom is 0.328 e. The van der Waals surface area contributed by atoms with E-state index in [1.54, 1.807) is 6.20 Å². The number of aromatic amines is 1. The van der Waals surface area contributed by atoms with Crippen molar-refractivity contribution in [3.8, 4) is 0 Å². The summed E-state index contributed by atoms with van der Waals surface area (Å²) in [7, 11) is -2.67. The largest absolute Gasteiger partial charge is 0.467 e. The highest BCUT2D eigenvalue weighted by molar-refractivity contribution is 7.92. The molecule has 152 valence electrons. The average molecular weight is 435 g/mol. The van der Waals surface area contributed by atoms with Crippen LogP contribution >= 0.6 is 11.6 Å². The number of hydrogen-bond acceptors (Lipinski definition) is 5. The number of ether oxygens (including phenoxy) is 1. The van der Waals surface area contributed by atoms with E-state index in [-0.39, 0.29) is 11.3 Å². The first-order valence-electron chi connectivity index (χ1n) is 8.70. The van der Waals surface area contributed by atoms with Crippen LogP contribution in [0.4, 0.5) is 0 Å². The van der Waals surface area contributed by atoms with Crippen molar-refractivity contribution < 1.29 is 22.7 Å². The van der Waals surface area contributed by atoms with Gasteiger partial charge in [0.25, 0.3) is 0 Å². The Hall–Kier alpha value is -2.84. The van der Waals surface area contributed by atoms with Crippen LogP contribution < -0.4 is 5.32 Å². The summed E-state index contributed by atoms with van der Waals surface area (Å²) in [5, 5.41) is 3.77. The molecule has 1 heterocycles. The summed E-state index contributed by atoms with van der Waals surface area (Å²) in [6.07, 6.45) is 1.90. The second-order valence-corrected chi connectivity index (χ2v) is 8.85. The van der Waals surface area contributed by atoms with E-state index in [0.717, 1.165) is 16.5 Å². The second-order valence-electron chi connectivity index (χ2n) is 6.42. The lowest BCUT2D eigenvalue weighted by Gasteiger charge is -2.16. The molecule has 7 nitrogen and oxygen atoms in total. The zero-order chi connectivity index (χ0) is 21.0. The van der Waals surface area contributed by atoms with Gasteiger partial charge in [-0.05, 0) is 35.9 Å². The van der Waals surface area contributed by atoms with Crippen molar-refractivity contribution in [2.75, 3.05) is 12.9 Å². The average Bonchev–Trinajstić information content (AvgIpc) is 3.09. The van der Waals surface area contributed by atoms with Crippen LogP contribution in [0.15, 0.2) is 59.6 Å². The van der Waals surface area contributed by atoms with Crippen LogP contribution in [0.5, 0.6) is 0 Å². The minimum absolute atomic E-state index is 0.0247. The van der Waals surface area contributed by atoms with E-state index in [0.29, 0.717) is 5.02 Å². The Balaban J connectivity index is 1.75. The number of benzene rings is 2. The Morgan fingerprint density at radius 3 is 2.52 bits per heavy atom. The summed E-state index contributed by atoms with van der Waals surface area (Å²) in [4.78, 5) is 27.6. The van der Waals surface area contributed by atoms with E-state index in [1.165, 1.54) is 31.4 Å². The standard InChI is InChI=1S/C20H19ClN2O5S/c1-28-20(25)18(10-13-11-22-17-5-3-2-4-16(13)17)23-19(24)12-29(26,27)15-8-6-14(21)7-9-15/h2-9,11,18,22H,10,12H2,1H3,(H,23,24)/t18-/m1/s1. The van der Waals surface area contributed by atoms with E-state index in [4.69, 9.17) is 16.3 Å². The minimum atomic E-state index is -3.88. The van der Waals surface area contributed by atoms with Gasteiger partial charge in [0.05, 0.1) is 12.0 Å². The molecule has 0 aliphatic rings. The zero-order valence-corrected chi connectivity index (χ0v) is 17.1. The van der Waals surface area contributed by atoms with Crippen molar-refractivity contribution in [3.63, 3.8) is 0 Å². The number of rotatable bonds is 7. The number of esters is 1. The van der Waals surface area contributed by atoms with Crippen molar-refractivity contribution >= 4 is 44.2 Å². The molecule has 3 aromatic rings. The number of carbonyl (C=O) groups excluding carboxylic acids is 2. The van der Waals surface area contributed by atoms with E-state index in [1.807, 2.05) is 24.3 Å². The van der Waals surface area contributed by atoms with Gasteiger partial charge in [-0.15, -0.1) is 0 Å². The number of carbonyl (C=O) groups is 2. The summed E-state index contributed by atoms with van der Waals surface area (Å²) in [5.41, 5.74) is 1.69. The Morgan fingerprint density at radius 1 is 1.14 bits per heavy atom. The van der Waals surface area contributed by atoms with Gasteiger partial charge in [-0.3, -0.25) is 4.79 Å². The molecular formula is C20H19ClN2O5S. The molecule has 1 aromatic heterocycles. The molecule has 0 saturated carbocycles. The van der Waals surface area contributed by atoms with Gasteiger partial charge >= 0.3 is 5.97 Å². The lowest BCUT2D eigenvalue weighted by atomic mass is 10.0. The fourth-order valence-corrected chi connectivity index (χ4v) is 4.26. The smallest absolute Gasteiger partial charge is 0.328 e. The van der Waals surface area contributed by atoms with Crippen LogP contribution in [0.2, 0.25) is 5.02 Å². The Labute approximate surface area is 172 Å². The van der Waals surface area contributed by atoms with Gasteiger partial charge in [0, 0.05) is 28.5 Å². The van der Waals surface area contributed by atoms with Gasteiger partial charge in [0.2, 0.25) is 5.91 Å². The maximum absolute atomic E-state index is 12.4. The number of para-hydroxylation sites is 1. The summed E-state index contributed by atoms with van der Waals surface area (Å²) < 4.78 is 29.7. The fourth-order valence-electron chi connectivity index (χ4n) is 2.99. The molecular weight excluding hydrogens is 416 g/mol. The van der Waals surface area contributed by atoms with Gasteiger partial charge < -0.3 is 15.0 Å². The number of nitrogens with one attached hydrogen (secondary N) is 2. The molecule has 0 unspecified atom stereocenters. The van der Waals surface area contributed by atoms with Crippen LogP contribution in [0, 0.1) is 0 Å². The molecule has 3 rings (SSSR count). The highest BCUT2D eigenvalue weighted by Crippen LogP contribution is 2.20. The molecule has 1 amide bonds. The first-order valence-corrected chi connectivity index (χ1v) is 10.7. The predicted molar refractivity (Wildman–Crippen MR) is 109 cm³/mol. The summed E-state index contributed by atoms with van der Waals surface area (Å²) >= 11 is 5.77. The summed E-state index contributed by atoms with van der Waals surface area (Å²) in [6.45, 7) is 0. The quantitative estimate of drug-likeness (QED) is 0.556. The zero-order valence-electron chi connectivity index (χ0n) is 15.5. The third-order valence-electron chi connectivity index (χ3n) is 4.41. The minimum Gasteiger partial charge on any atom is -0.467 e. The highest BCUT2D eigenvalue weighted by Gasteiger charge is 2.26. The molecule has 2 aromatic carbocycles. The number of H-pyrrole nitrogens is 1. The summed E-state index contributed by atoms with van der Waals surface area (Å²) in [5.74, 6) is -2.25. The molecule has 0 spiro atoms. The van der Waals surface area contributed by atoms with Crippen molar-refractivity contribution in [3.05, 3.63) is 65.3 Å². The van der Waals surface area contributed by atoms with Crippen LogP contribution in [-0.2, 0) is 30.6 Å². The van der Waals surface area contributed by atoms with Crippen LogP contribution in [0.3, 0.4) is 0 Å². The Bertz CT molecular complexity index is 1140. The molecule has 0 aliphatic heterocycles. The maximum atomic E-state index is 12.4. The normalized spacial score (nSPS) is 12.5. The Kier molecular flexibility index (Phi) is 6.24. The molecule has 9 heteroatoms. The second kappa shape index (κ2) is 8.67. The fraction of sp³-hybridized carbons (Fsp3) is 0.200. The lowest BCUT2D eigenvalue weighted by molar-refractivity contribution is -0.144. The highest BCUT2D eigenvalue weighted by atomic mass is 35.5. The van der Waals surface area contributed by atoms with Crippen molar-refractivity contribution in [2.45, 2.75) is 17.4 Å². The molecule has 1 atom stereocenters. The van der Waals surface area contributed by atoms with Crippen LogP contribution in [0.25, 0.3) is 10.9 Å². The van der Waals surface area contributed by atoms with Crippen molar-refractivity contribution in [1.29, 1.82) is 0 Å². The third kappa shape index (κ3) is 4.96. The predicted octanol–water partition coefficient (Wildman–Crippen LogP) is 2.50. The molecule has 2 N–H and O–H groups in total. The molecule has 0 bridgehead atoms. The van der Waals surface area contributed by atoms with Gasteiger partial charge in [-0.2, -0.15) is 0 Å². The van der Waals surface area contributed by atoms with E-state index < -0.39 is 33.5 Å². The van der Waals surface area contributed by atoms with Crippen molar-refractivity contribution in [2.24, 2.45) is 0 Å². The van der Waals surface area contributed by atoms with Crippen LogP contribution in [0.1, 0.15) is 5.56 Å². The van der Waals surface area contributed by atoms with Gasteiger partial charge in [0.1, 0.15) is 11.8 Å². The number of fused-ring (bicyclic) bond motifs is 1. The number of methoxy groups -OCH3 is 1. The van der Waals surface area contributed by atoms with E-state index in [9.17, 15) is 18.0 Å². The van der Waals surface area contributed by atoms with Crippen LogP contribution in [-0.4, -0.2) is 44.2 Å². The van der Waals surface area contributed by atoms with Crippen molar-refractivity contribution in [1.82, 2.24) is 10.3 Å². The lowest BCUT2D eigenvalue weighted by Crippen LogP contribution is -2.45. The SMILES string of the molecule is COC(=O)[C@@H](Cc1c[nH]c2ccccc12)NC(=O)CS(=O)(=O)c1ccc(Cl)cc1. The number of aromatic nitrogens is 1. The number of sulfone groups is 1. The van der Waals surface area contributed by atoms with Gasteiger partial charge in [0.15, 0.2) is 9.84 Å². The number of hydrogen-bond donors (Lipinski definition) is 2. The number of halogens is 1. The molecule has 0 fully saturated rings. The molecule has 29 heavy (non-hydrogen) atoms. The molecule has 0 saturated heterocycles. The van der Waals surface area contributed by atoms with E-state index in [2.05, 4.69) is 10.3 Å². The topological polar surface area (TPSA) is 105 Å².